The molecule has 1 aliphatic heterocycles. The first-order valence-electron chi connectivity index (χ1n) is 7.56. The zero-order chi connectivity index (χ0) is 17.0. The minimum absolute atomic E-state index is 0.0718. The molecule has 0 aliphatic carbocycles. The van der Waals surface area contributed by atoms with Gasteiger partial charge in [-0.25, -0.2) is 8.42 Å². The van der Waals surface area contributed by atoms with Gasteiger partial charge in [0.15, 0.2) is 23.1 Å². The zero-order valence-corrected chi connectivity index (χ0v) is 14.0. The summed E-state index contributed by atoms with van der Waals surface area (Å²) in [6.45, 7) is 2.15. The van der Waals surface area contributed by atoms with E-state index in [1.807, 2.05) is 13.0 Å². The average molecular weight is 350 g/mol. The van der Waals surface area contributed by atoms with E-state index in [0.717, 1.165) is 12.1 Å². The van der Waals surface area contributed by atoms with E-state index < -0.39 is 10.0 Å². The number of nitrogens with zero attached hydrogens (tertiary/aromatic N) is 2. The first-order chi connectivity index (χ1) is 11.6. The Morgan fingerprint density at radius 1 is 1.08 bits per heavy atom. The number of ether oxygens (including phenoxy) is 2. The number of rotatable bonds is 7. The Morgan fingerprint density at radius 2 is 1.83 bits per heavy atom. The van der Waals surface area contributed by atoms with Crippen molar-refractivity contribution >= 4 is 27.3 Å². The van der Waals surface area contributed by atoms with Crippen LogP contribution in [0.4, 0.5) is 17.3 Å². The summed E-state index contributed by atoms with van der Waals surface area (Å²) in [5, 5.41) is 10.9. The molecule has 0 fully saturated rings. The maximum atomic E-state index is 11.8. The van der Waals surface area contributed by atoms with Crippen LogP contribution in [0.15, 0.2) is 30.3 Å². The fraction of sp³-hybridized carbons (Fsp3) is 0.333. The number of sulfonamides is 1. The van der Waals surface area contributed by atoms with Crippen LogP contribution in [0.25, 0.3) is 0 Å². The molecule has 0 atom stereocenters. The maximum absolute atomic E-state index is 11.8. The fourth-order valence-corrected chi connectivity index (χ4v) is 3.32. The molecule has 24 heavy (non-hydrogen) atoms. The van der Waals surface area contributed by atoms with Crippen LogP contribution >= 0.6 is 0 Å². The molecule has 2 aromatic rings. The van der Waals surface area contributed by atoms with Crippen molar-refractivity contribution in [3.63, 3.8) is 0 Å². The zero-order valence-electron chi connectivity index (χ0n) is 13.2. The number of hydrogen-bond donors (Lipinski definition) is 2. The number of anilines is 3. The van der Waals surface area contributed by atoms with Crippen molar-refractivity contribution in [3.8, 4) is 11.5 Å². The van der Waals surface area contributed by atoms with Crippen molar-refractivity contribution in [3.05, 3.63) is 30.3 Å². The van der Waals surface area contributed by atoms with Crippen LogP contribution in [0, 0.1) is 0 Å². The normalized spacial score (nSPS) is 12.9. The highest BCUT2D eigenvalue weighted by atomic mass is 32.2. The third-order valence-corrected chi connectivity index (χ3v) is 4.68. The van der Waals surface area contributed by atoms with Crippen LogP contribution in [0.5, 0.6) is 11.5 Å². The van der Waals surface area contributed by atoms with Crippen LogP contribution in [0.1, 0.15) is 19.8 Å². The molecule has 0 bridgehead atoms. The van der Waals surface area contributed by atoms with Crippen molar-refractivity contribution < 1.29 is 17.9 Å². The van der Waals surface area contributed by atoms with E-state index in [1.165, 1.54) is 0 Å². The second-order valence-corrected chi connectivity index (χ2v) is 7.11. The molecule has 0 radical (unpaired) electrons. The smallest absolute Gasteiger partial charge is 0.233 e. The Bertz CT molecular complexity index is 809. The molecule has 0 saturated heterocycles. The molecule has 0 saturated carbocycles. The topological polar surface area (TPSA) is 102 Å². The molecule has 0 spiro atoms. The minimum Gasteiger partial charge on any atom is -0.454 e. The summed E-state index contributed by atoms with van der Waals surface area (Å²) in [6, 6.07) is 8.64. The molecule has 1 aliphatic rings. The van der Waals surface area contributed by atoms with Crippen LogP contribution in [0.3, 0.4) is 0 Å². The van der Waals surface area contributed by atoms with Crippen molar-refractivity contribution in [1.82, 2.24) is 10.2 Å². The lowest BCUT2D eigenvalue weighted by molar-refractivity contribution is 0.174. The van der Waals surface area contributed by atoms with E-state index in [4.69, 9.17) is 9.47 Å². The average Bonchev–Trinajstić information content (AvgIpc) is 3.02. The van der Waals surface area contributed by atoms with Crippen molar-refractivity contribution in [2.24, 2.45) is 0 Å². The highest BCUT2D eigenvalue weighted by Gasteiger charge is 2.14. The van der Waals surface area contributed by atoms with Crippen LogP contribution < -0.4 is 19.5 Å². The third-order valence-electron chi connectivity index (χ3n) is 3.34. The van der Waals surface area contributed by atoms with E-state index in [1.54, 1.807) is 24.3 Å². The summed E-state index contributed by atoms with van der Waals surface area (Å²) in [5.41, 5.74) is 0.768. The number of unbranched alkanes of at least 4 members (excludes halogenated alkanes) is 1. The quantitative estimate of drug-likeness (QED) is 0.791. The highest BCUT2D eigenvalue weighted by molar-refractivity contribution is 7.92. The lowest BCUT2D eigenvalue weighted by atomic mass is 10.3. The molecular weight excluding hydrogens is 332 g/mol. The van der Waals surface area contributed by atoms with Crippen LogP contribution in [-0.2, 0) is 10.0 Å². The van der Waals surface area contributed by atoms with Gasteiger partial charge in [0.2, 0.25) is 16.8 Å². The molecule has 8 nitrogen and oxygen atoms in total. The maximum Gasteiger partial charge on any atom is 0.233 e. The van der Waals surface area contributed by atoms with Crippen molar-refractivity contribution in [2.75, 3.05) is 22.6 Å². The molecule has 2 heterocycles. The second-order valence-electron chi connectivity index (χ2n) is 5.27. The Hall–Kier alpha value is -2.55. The Labute approximate surface area is 140 Å². The number of nitrogens with one attached hydrogen (secondary N) is 2. The lowest BCUT2D eigenvalue weighted by Crippen LogP contribution is -2.17. The number of fused-ring (bicyclic) bond motifs is 1. The van der Waals surface area contributed by atoms with Gasteiger partial charge in [-0.2, -0.15) is 0 Å². The second kappa shape index (κ2) is 6.91. The van der Waals surface area contributed by atoms with Gasteiger partial charge in [0.05, 0.1) is 5.75 Å². The summed E-state index contributed by atoms with van der Waals surface area (Å²) >= 11 is 0. The molecule has 0 unspecified atom stereocenters. The van der Waals surface area contributed by atoms with Crippen LogP contribution in [0.2, 0.25) is 0 Å². The van der Waals surface area contributed by atoms with E-state index in [-0.39, 0.29) is 18.4 Å². The first-order valence-corrected chi connectivity index (χ1v) is 9.22. The molecule has 3 rings (SSSR count). The molecule has 128 valence electrons. The Balaban J connectivity index is 1.64. The molecule has 1 aromatic heterocycles. The van der Waals surface area contributed by atoms with Crippen molar-refractivity contribution in [1.29, 1.82) is 0 Å². The number of aromatic nitrogens is 2. The van der Waals surface area contributed by atoms with Gasteiger partial charge in [-0.05, 0) is 30.7 Å². The van der Waals surface area contributed by atoms with Gasteiger partial charge in [-0.15, -0.1) is 10.2 Å². The van der Waals surface area contributed by atoms with Gasteiger partial charge < -0.3 is 14.8 Å². The SMILES string of the molecule is CCCCS(=O)(=O)Nc1ccc(Nc2ccc3c(c2)OCO3)nn1. The first kappa shape index (κ1) is 16.3. The molecule has 2 N–H and O–H groups in total. The molecular formula is C15H18N4O4S. The van der Waals surface area contributed by atoms with Gasteiger partial charge in [-0.1, -0.05) is 13.3 Å². The van der Waals surface area contributed by atoms with Gasteiger partial charge in [0.1, 0.15) is 0 Å². The third kappa shape index (κ3) is 4.05. The van der Waals surface area contributed by atoms with Gasteiger partial charge in [0, 0.05) is 11.8 Å². The standard InChI is InChI=1S/C15H18N4O4S/c1-2-3-8-24(20,21)19-15-7-6-14(17-18-15)16-11-4-5-12-13(9-11)23-10-22-12/h4-7,9H,2-3,8,10H2,1H3,(H,16,17)(H,18,19). The molecule has 9 heteroatoms. The van der Waals surface area contributed by atoms with Gasteiger partial charge in [0.25, 0.3) is 0 Å². The molecule has 1 aromatic carbocycles. The van der Waals surface area contributed by atoms with Crippen LogP contribution in [-0.4, -0.2) is 31.2 Å². The summed E-state index contributed by atoms with van der Waals surface area (Å²) in [6.07, 6.45) is 1.41. The Kier molecular flexibility index (Phi) is 4.70. The van der Waals surface area contributed by atoms with Gasteiger partial charge in [-0.3, -0.25) is 4.72 Å². The van der Waals surface area contributed by atoms with E-state index >= 15 is 0 Å². The lowest BCUT2D eigenvalue weighted by Gasteiger charge is -2.08. The van der Waals surface area contributed by atoms with E-state index in [0.29, 0.717) is 23.7 Å². The molecule has 0 amide bonds. The largest absolute Gasteiger partial charge is 0.454 e. The van der Waals surface area contributed by atoms with Gasteiger partial charge >= 0.3 is 0 Å². The van der Waals surface area contributed by atoms with E-state index in [9.17, 15) is 8.42 Å². The fourth-order valence-electron chi connectivity index (χ4n) is 2.12. The monoisotopic (exact) mass is 350 g/mol. The number of hydrogen-bond acceptors (Lipinski definition) is 7. The predicted molar refractivity (Wildman–Crippen MR) is 90.2 cm³/mol. The minimum atomic E-state index is -3.38. The summed E-state index contributed by atoms with van der Waals surface area (Å²) in [5.74, 6) is 2.12. The predicted octanol–water partition coefficient (Wildman–Crippen LogP) is 2.49. The summed E-state index contributed by atoms with van der Waals surface area (Å²) in [4.78, 5) is 0. The highest BCUT2D eigenvalue weighted by Crippen LogP contribution is 2.34. The van der Waals surface area contributed by atoms with E-state index in [2.05, 4.69) is 20.2 Å². The Morgan fingerprint density at radius 3 is 2.58 bits per heavy atom. The summed E-state index contributed by atoms with van der Waals surface area (Å²) in [7, 11) is -3.38. The van der Waals surface area contributed by atoms with Crippen molar-refractivity contribution in [2.45, 2.75) is 19.8 Å². The number of benzene rings is 1. The summed E-state index contributed by atoms with van der Waals surface area (Å²) < 4.78 is 36.6.